The van der Waals surface area contributed by atoms with Crippen LogP contribution in [0.25, 0.3) is 33.4 Å². The van der Waals surface area contributed by atoms with Crippen molar-refractivity contribution in [3.63, 3.8) is 0 Å². The molecule has 0 amide bonds. The van der Waals surface area contributed by atoms with Crippen LogP contribution in [0.4, 0.5) is 17.1 Å². The van der Waals surface area contributed by atoms with E-state index in [4.69, 9.17) is 0 Å². The van der Waals surface area contributed by atoms with E-state index in [1.54, 1.807) is 0 Å². The van der Waals surface area contributed by atoms with Gasteiger partial charge in [0.15, 0.2) is 0 Å². The van der Waals surface area contributed by atoms with Gasteiger partial charge in [0, 0.05) is 27.9 Å². The topological polar surface area (TPSA) is 3.24 Å². The summed E-state index contributed by atoms with van der Waals surface area (Å²) in [5.41, 5.74) is 28.1. The molecule has 416 valence electrons. The van der Waals surface area contributed by atoms with E-state index < -0.39 is 5.41 Å². The van der Waals surface area contributed by atoms with Gasteiger partial charge in [-0.25, -0.2) is 0 Å². The zero-order chi connectivity index (χ0) is 58.5. The van der Waals surface area contributed by atoms with Gasteiger partial charge < -0.3 is 4.90 Å². The van der Waals surface area contributed by atoms with Crippen LogP contribution in [-0.2, 0) is 27.1 Å². The van der Waals surface area contributed by atoms with Crippen LogP contribution >= 0.6 is 0 Å². The molecule has 4 aliphatic carbocycles. The number of hydrogen-bond acceptors (Lipinski definition) is 1. The third kappa shape index (κ3) is 9.13. The third-order valence-corrected chi connectivity index (χ3v) is 18.5. The van der Waals surface area contributed by atoms with Crippen LogP contribution in [0.1, 0.15) is 190 Å². The molecule has 1 heteroatoms. The Morgan fingerprint density at radius 3 is 1.57 bits per heavy atom. The van der Waals surface area contributed by atoms with Crippen molar-refractivity contribution in [3.05, 3.63) is 279 Å². The first kappa shape index (κ1) is 56.4. The fourth-order valence-corrected chi connectivity index (χ4v) is 14.7. The summed E-state index contributed by atoms with van der Waals surface area (Å²) in [5, 5.41) is 0. The lowest BCUT2D eigenvalue weighted by Crippen LogP contribution is -2.35. The molecule has 0 N–H and O–H groups in total. The Kier molecular flexibility index (Phi) is 14.1. The van der Waals surface area contributed by atoms with Gasteiger partial charge in [-0.3, -0.25) is 0 Å². The minimum Gasteiger partial charge on any atom is -0.310 e. The van der Waals surface area contributed by atoms with Gasteiger partial charge in [-0.2, -0.15) is 0 Å². The fourth-order valence-electron chi connectivity index (χ4n) is 14.7. The maximum atomic E-state index is 4.52. The Labute approximate surface area is 493 Å². The molecule has 0 atom stereocenters. The average Bonchev–Trinajstić information content (AvgIpc) is 3.87. The highest BCUT2D eigenvalue weighted by Crippen LogP contribution is 2.64. The molecular weight excluding hydrogens is 987 g/mol. The molecule has 82 heavy (non-hydrogen) atoms. The summed E-state index contributed by atoms with van der Waals surface area (Å²) >= 11 is 0. The van der Waals surface area contributed by atoms with Gasteiger partial charge in [-0.1, -0.05) is 256 Å². The van der Waals surface area contributed by atoms with E-state index in [-0.39, 0.29) is 27.1 Å². The molecule has 0 unspecified atom stereocenters. The van der Waals surface area contributed by atoms with Crippen molar-refractivity contribution in [2.45, 2.75) is 151 Å². The molecule has 0 saturated carbocycles. The van der Waals surface area contributed by atoms with Crippen LogP contribution in [0, 0.1) is 11.3 Å². The Hall–Kier alpha value is -7.48. The van der Waals surface area contributed by atoms with Gasteiger partial charge in [0.1, 0.15) is 0 Å². The molecule has 7 aromatic rings. The van der Waals surface area contributed by atoms with Crippen molar-refractivity contribution in [1.29, 1.82) is 0 Å². The quantitative estimate of drug-likeness (QED) is 0.117. The van der Waals surface area contributed by atoms with Gasteiger partial charge in [-0.15, -0.1) is 0 Å². The van der Waals surface area contributed by atoms with Crippen LogP contribution in [0.5, 0.6) is 0 Å². The molecule has 0 spiro atoms. The van der Waals surface area contributed by atoms with E-state index in [9.17, 15) is 0 Å². The lowest BCUT2D eigenvalue weighted by molar-refractivity contribution is 0.450. The number of hydrogen-bond donors (Lipinski definition) is 0. The molecule has 7 aromatic carbocycles. The van der Waals surface area contributed by atoms with Crippen molar-refractivity contribution in [1.82, 2.24) is 0 Å². The summed E-state index contributed by atoms with van der Waals surface area (Å²) in [4.78, 5) is 2.58. The van der Waals surface area contributed by atoms with E-state index in [0.717, 1.165) is 29.9 Å². The lowest BCUT2D eigenvalue weighted by atomic mass is 9.60. The van der Waals surface area contributed by atoms with E-state index in [2.05, 4.69) is 310 Å². The van der Waals surface area contributed by atoms with Crippen LogP contribution in [0.15, 0.2) is 212 Å². The zero-order valence-corrected chi connectivity index (χ0v) is 52.1. The largest absolute Gasteiger partial charge is 0.310 e. The monoisotopic (exact) mass is 1070 g/mol. The van der Waals surface area contributed by atoms with Gasteiger partial charge in [-0.05, 0) is 202 Å². The highest BCUT2D eigenvalue weighted by molar-refractivity contribution is 6.12. The molecule has 11 rings (SSSR count). The first-order chi connectivity index (χ1) is 38.8. The van der Waals surface area contributed by atoms with Crippen molar-refractivity contribution in [3.8, 4) is 11.1 Å². The van der Waals surface area contributed by atoms with Crippen LogP contribution < -0.4 is 4.90 Å². The first-order valence-corrected chi connectivity index (χ1v) is 30.3. The highest BCUT2D eigenvalue weighted by atomic mass is 15.1. The average molecular weight is 1070 g/mol. The van der Waals surface area contributed by atoms with Gasteiger partial charge in [0.05, 0.1) is 5.41 Å². The summed E-state index contributed by atoms with van der Waals surface area (Å²) in [6, 6.07) is 59.0. The van der Waals surface area contributed by atoms with Gasteiger partial charge in [0.25, 0.3) is 0 Å². The summed E-state index contributed by atoms with van der Waals surface area (Å²) in [7, 11) is 0. The molecule has 0 heterocycles. The Morgan fingerprint density at radius 1 is 0.537 bits per heavy atom. The fraction of sp³-hybridized carbons (Fsp3) is 0.309. The molecule has 0 aliphatic heterocycles. The number of nitrogens with zero attached hydrogens (tertiary/aromatic N) is 1. The van der Waals surface area contributed by atoms with E-state index in [0.29, 0.717) is 5.92 Å². The summed E-state index contributed by atoms with van der Waals surface area (Å²) < 4.78 is 0. The van der Waals surface area contributed by atoms with Crippen molar-refractivity contribution < 1.29 is 0 Å². The molecule has 0 fully saturated rings. The standard InChI is InChI=1S/C81H87N/c1-18-30-60(54-47-71(76(5,6)7)73(72(48-54)77(8,9)10)53(19-2)40-39-52(3)4)74-65-46-43-59(51-70(65)81(75(74)78(11,12)13,55-31-22-20-23-32-55)56-33-24-21-25-34-56)82(57-41-44-63-61-35-26-28-37-66(61)79(14,15)68(63)49-57)58-42-45-64-62-36-27-29-38-67(62)80(16,17)69(64)50-58/h18-26,28,30-52H,1,27,29H2,2-17H3/b40-39-,53-19+,60-30-. The second-order valence-corrected chi connectivity index (χ2v) is 28.2. The van der Waals surface area contributed by atoms with E-state index in [1.165, 1.54) is 111 Å². The number of benzene rings is 7. The van der Waals surface area contributed by atoms with Crippen LogP contribution in [0.3, 0.4) is 0 Å². The number of allylic oxidation sites excluding steroid dienone is 13. The predicted molar refractivity (Wildman–Crippen MR) is 356 cm³/mol. The second-order valence-electron chi connectivity index (χ2n) is 28.2. The van der Waals surface area contributed by atoms with E-state index >= 15 is 0 Å². The second kappa shape index (κ2) is 20.4. The van der Waals surface area contributed by atoms with Crippen LogP contribution in [0.2, 0.25) is 0 Å². The molecule has 4 aliphatic rings. The molecular formula is C81H87N. The van der Waals surface area contributed by atoms with Gasteiger partial charge in [0.2, 0.25) is 0 Å². The number of anilines is 3. The molecule has 0 radical (unpaired) electrons. The summed E-state index contributed by atoms with van der Waals surface area (Å²) in [6.07, 6.45) is 18.5. The van der Waals surface area contributed by atoms with Crippen LogP contribution in [-0.4, -0.2) is 0 Å². The van der Waals surface area contributed by atoms with Crippen molar-refractivity contribution in [2.75, 3.05) is 4.90 Å². The minimum absolute atomic E-state index is 0.135. The zero-order valence-electron chi connectivity index (χ0n) is 52.1. The molecule has 1 nitrogen and oxygen atoms in total. The van der Waals surface area contributed by atoms with Gasteiger partial charge >= 0.3 is 0 Å². The maximum Gasteiger partial charge on any atom is 0.0682 e. The highest BCUT2D eigenvalue weighted by Gasteiger charge is 2.52. The maximum absolute atomic E-state index is 4.52. The Bertz CT molecular complexity index is 3810. The first-order valence-electron chi connectivity index (χ1n) is 30.3. The predicted octanol–water partition coefficient (Wildman–Crippen LogP) is 22.5. The third-order valence-electron chi connectivity index (χ3n) is 18.5. The van der Waals surface area contributed by atoms with Crippen molar-refractivity contribution >= 4 is 39.4 Å². The lowest BCUT2D eigenvalue weighted by Gasteiger charge is -2.42. The minimum atomic E-state index is -0.705. The summed E-state index contributed by atoms with van der Waals surface area (Å²) in [5.74, 6) is 0.429. The smallest absolute Gasteiger partial charge is 0.0682 e. The molecule has 0 bridgehead atoms. The summed E-state index contributed by atoms with van der Waals surface area (Å²) in [6.45, 7) is 42.5. The van der Waals surface area contributed by atoms with Crippen molar-refractivity contribution in [2.24, 2.45) is 11.3 Å². The van der Waals surface area contributed by atoms with E-state index in [1.807, 2.05) is 6.08 Å². The Balaban J connectivity index is 1.24. The molecule has 0 saturated heterocycles. The number of rotatable bonds is 11. The molecule has 0 aromatic heterocycles. The number of fused-ring (bicyclic) bond motifs is 7. The normalized spacial score (nSPS) is 17.1. The Morgan fingerprint density at radius 2 is 1.04 bits per heavy atom. The SMILES string of the molecule is C=C/C=C(\C1=C(C(C)(C)C)C(c2ccccc2)(c2ccccc2)c2cc(N(c3ccc4c(c3)C(C)(C)C3=CCCC=C34)c3ccc4c(c3)C(C)(C)c3ccccc3-4)ccc21)c1cc(C(C)(C)C)c(C(/C=C\C(C)C)=C/C)c(C(C)(C)C)c1.